The summed E-state index contributed by atoms with van der Waals surface area (Å²) in [5.74, 6) is -0.156. The summed E-state index contributed by atoms with van der Waals surface area (Å²) >= 11 is 1.69. The van der Waals surface area contributed by atoms with E-state index >= 15 is 0 Å². The molecule has 3 heteroatoms. The summed E-state index contributed by atoms with van der Waals surface area (Å²) in [4.78, 5) is 11.4. The number of fused-ring (bicyclic) bond motifs is 1. The summed E-state index contributed by atoms with van der Waals surface area (Å²) in [5.41, 5.74) is 1.05. The fraction of sp³-hybridized carbons (Fsp3) is 0.250. The highest BCUT2D eigenvalue weighted by molar-refractivity contribution is 7.17. The Labute approximate surface area is 92.5 Å². The van der Waals surface area contributed by atoms with Crippen LogP contribution in [-0.2, 0) is 16.0 Å². The van der Waals surface area contributed by atoms with Gasteiger partial charge < -0.3 is 4.74 Å². The molecule has 0 amide bonds. The Morgan fingerprint density at radius 1 is 1.40 bits per heavy atom. The number of benzene rings is 1. The van der Waals surface area contributed by atoms with Crippen LogP contribution in [0, 0.1) is 0 Å². The monoisotopic (exact) mass is 220 g/mol. The van der Waals surface area contributed by atoms with Crippen LogP contribution in [-0.4, -0.2) is 12.6 Å². The topological polar surface area (TPSA) is 26.3 Å². The van der Waals surface area contributed by atoms with Crippen molar-refractivity contribution in [1.29, 1.82) is 0 Å². The molecular formula is C12H12O2S. The van der Waals surface area contributed by atoms with Crippen LogP contribution in [0.1, 0.15) is 12.5 Å². The SMILES string of the molecule is CCOC(=O)Cc1cccc2sccc12. The van der Waals surface area contributed by atoms with Gasteiger partial charge in [-0.05, 0) is 35.4 Å². The highest BCUT2D eigenvalue weighted by Gasteiger charge is 2.07. The van der Waals surface area contributed by atoms with Crippen molar-refractivity contribution in [2.75, 3.05) is 6.61 Å². The maximum absolute atomic E-state index is 11.4. The number of rotatable bonds is 3. The highest BCUT2D eigenvalue weighted by Crippen LogP contribution is 2.24. The standard InChI is InChI=1S/C12H12O2S/c1-2-14-12(13)8-9-4-3-5-11-10(9)6-7-15-11/h3-7H,2,8H2,1H3. The fourth-order valence-corrected chi connectivity index (χ4v) is 2.41. The Morgan fingerprint density at radius 3 is 3.07 bits per heavy atom. The molecule has 0 bridgehead atoms. The molecule has 0 aliphatic carbocycles. The number of esters is 1. The Bertz CT molecular complexity index is 473. The lowest BCUT2D eigenvalue weighted by atomic mass is 10.1. The van der Waals surface area contributed by atoms with Crippen LogP contribution in [0.2, 0.25) is 0 Å². The van der Waals surface area contributed by atoms with Crippen molar-refractivity contribution < 1.29 is 9.53 Å². The molecule has 2 rings (SSSR count). The van der Waals surface area contributed by atoms with E-state index in [0.29, 0.717) is 13.0 Å². The zero-order valence-corrected chi connectivity index (χ0v) is 9.34. The second-order valence-electron chi connectivity index (χ2n) is 3.23. The lowest BCUT2D eigenvalue weighted by Gasteiger charge is -2.03. The van der Waals surface area contributed by atoms with Crippen molar-refractivity contribution in [2.45, 2.75) is 13.3 Å². The number of ether oxygens (including phenoxy) is 1. The quantitative estimate of drug-likeness (QED) is 0.743. The average Bonchev–Trinajstić information content (AvgIpc) is 2.67. The van der Waals surface area contributed by atoms with Gasteiger partial charge in [0, 0.05) is 4.70 Å². The average molecular weight is 220 g/mol. The van der Waals surface area contributed by atoms with Gasteiger partial charge in [-0.15, -0.1) is 11.3 Å². The van der Waals surface area contributed by atoms with Gasteiger partial charge in [0.05, 0.1) is 13.0 Å². The summed E-state index contributed by atoms with van der Waals surface area (Å²) in [6, 6.07) is 8.07. The van der Waals surface area contributed by atoms with Gasteiger partial charge >= 0.3 is 5.97 Å². The molecule has 1 aromatic carbocycles. The number of carbonyl (C=O) groups excluding carboxylic acids is 1. The van der Waals surface area contributed by atoms with Crippen molar-refractivity contribution in [1.82, 2.24) is 0 Å². The number of thiophene rings is 1. The van der Waals surface area contributed by atoms with Crippen molar-refractivity contribution in [3.63, 3.8) is 0 Å². The Morgan fingerprint density at radius 2 is 2.27 bits per heavy atom. The van der Waals surface area contributed by atoms with E-state index in [9.17, 15) is 4.79 Å². The molecular weight excluding hydrogens is 208 g/mol. The lowest BCUT2D eigenvalue weighted by Crippen LogP contribution is -2.07. The van der Waals surface area contributed by atoms with Crippen LogP contribution in [0.3, 0.4) is 0 Å². The van der Waals surface area contributed by atoms with Gasteiger partial charge in [-0.25, -0.2) is 0 Å². The number of hydrogen-bond donors (Lipinski definition) is 0. The normalized spacial score (nSPS) is 10.5. The molecule has 0 saturated heterocycles. The first-order chi connectivity index (χ1) is 7.31. The smallest absolute Gasteiger partial charge is 0.310 e. The Hall–Kier alpha value is -1.35. The van der Waals surface area contributed by atoms with E-state index in [1.165, 1.54) is 4.70 Å². The van der Waals surface area contributed by atoms with E-state index < -0.39 is 0 Å². The van der Waals surface area contributed by atoms with Gasteiger partial charge in [0.25, 0.3) is 0 Å². The minimum absolute atomic E-state index is 0.156. The number of carbonyl (C=O) groups is 1. The first-order valence-electron chi connectivity index (χ1n) is 4.92. The van der Waals surface area contributed by atoms with Crippen molar-refractivity contribution in [3.8, 4) is 0 Å². The highest BCUT2D eigenvalue weighted by atomic mass is 32.1. The van der Waals surface area contributed by atoms with Crippen molar-refractivity contribution in [3.05, 3.63) is 35.2 Å². The molecule has 0 aliphatic rings. The zero-order chi connectivity index (χ0) is 10.7. The Kier molecular flexibility index (Phi) is 3.02. The molecule has 2 aromatic rings. The van der Waals surface area contributed by atoms with Gasteiger partial charge in [-0.3, -0.25) is 4.79 Å². The molecule has 1 aromatic heterocycles. The molecule has 0 fully saturated rings. The van der Waals surface area contributed by atoms with E-state index in [-0.39, 0.29) is 5.97 Å². The molecule has 0 radical (unpaired) electrons. The lowest BCUT2D eigenvalue weighted by molar-refractivity contribution is -0.142. The van der Waals surface area contributed by atoms with Crippen LogP contribution in [0.15, 0.2) is 29.6 Å². The summed E-state index contributed by atoms with van der Waals surface area (Å²) < 4.78 is 6.16. The van der Waals surface area contributed by atoms with E-state index in [0.717, 1.165) is 10.9 Å². The largest absolute Gasteiger partial charge is 0.466 e. The minimum atomic E-state index is -0.156. The Balaban J connectivity index is 2.27. The maximum atomic E-state index is 11.4. The molecule has 0 atom stereocenters. The maximum Gasteiger partial charge on any atom is 0.310 e. The third kappa shape index (κ3) is 2.18. The fourth-order valence-electron chi connectivity index (χ4n) is 1.58. The second kappa shape index (κ2) is 4.45. The molecule has 2 nitrogen and oxygen atoms in total. The van der Waals surface area contributed by atoms with Gasteiger partial charge in [-0.1, -0.05) is 12.1 Å². The molecule has 15 heavy (non-hydrogen) atoms. The molecule has 0 saturated carbocycles. The zero-order valence-electron chi connectivity index (χ0n) is 8.53. The predicted octanol–water partition coefficient (Wildman–Crippen LogP) is 3.01. The molecule has 78 valence electrons. The van der Waals surface area contributed by atoms with Crippen LogP contribution < -0.4 is 0 Å². The molecule has 0 N–H and O–H groups in total. The number of hydrogen-bond acceptors (Lipinski definition) is 3. The minimum Gasteiger partial charge on any atom is -0.466 e. The van der Waals surface area contributed by atoms with E-state index in [4.69, 9.17) is 4.74 Å². The van der Waals surface area contributed by atoms with Crippen molar-refractivity contribution in [2.24, 2.45) is 0 Å². The van der Waals surface area contributed by atoms with E-state index in [1.54, 1.807) is 11.3 Å². The molecule has 1 heterocycles. The van der Waals surface area contributed by atoms with Crippen molar-refractivity contribution >= 4 is 27.4 Å². The third-order valence-electron chi connectivity index (χ3n) is 2.23. The molecule has 0 aliphatic heterocycles. The van der Waals surface area contributed by atoms with Gasteiger partial charge in [0.2, 0.25) is 0 Å². The van der Waals surface area contributed by atoms with Gasteiger partial charge in [-0.2, -0.15) is 0 Å². The predicted molar refractivity (Wildman–Crippen MR) is 62.2 cm³/mol. The molecule has 0 spiro atoms. The van der Waals surface area contributed by atoms with Gasteiger partial charge in [0.1, 0.15) is 0 Å². The van der Waals surface area contributed by atoms with Crippen LogP contribution in [0.4, 0.5) is 0 Å². The second-order valence-corrected chi connectivity index (χ2v) is 4.18. The van der Waals surface area contributed by atoms with Crippen LogP contribution in [0.25, 0.3) is 10.1 Å². The summed E-state index contributed by atoms with van der Waals surface area (Å²) in [6.45, 7) is 2.27. The van der Waals surface area contributed by atoms with Crippen LogP contribution >= 0.6 is 11.3 Å². The van der Waals surface area contributed by atoms with Crippen LogP contribution in [0.5, 0.6) is 0 Å². The first-order valence-corrected chi connectivity index (χ1v) is 5.80. The summed E-state index contributed by atoms with van der Waals surface area (Å²) in [7, 11) is 0. The first kappa shape index (κ1) is 10.2. The molecule has 0 unspecified atom stereocenters. The summed E-state index contributed by atoms with van der Waals surface area (Å²) in [6.07, 6.45) is 0.363. The van der Waals surface area contributed by atoms with E-state index in [1.807, 2.05) is 24.4 Å². The van der Waals surface area contributed by atoms with E-state index in [2.05, 4.69) is 12.1 Å². The third-order valence-corrected chi connectivity index (χ3v) is 3.11. The summed E-state index contributed by atoms with van der Waals surface area (Å²) in [5, 5.41) is 3.20. The van der Waals surface area contributed by atoms with Gasteiger partial charge in [0.15, 0.2) is 0 Å².